The molecule has 0 aliphatic heterocycles. The molecule has 0 aliphatic carbocycles. The van der Waals surface area contributed by atoms with Crippen molar-refractivity contribution in [3.8, 4) is 6.07 Å². The number of nitrogens with zero attached hydrogens (tertiary/aromatic N) is 3. The maximum Gasteiger partial charge on any atom is 0.228 e. The van der Waals surface area contributed by atoms with Crippen molar-refractivity contribution in [1.29, 1.82) is 5.26 Å². The molecule has 110 valence electrons. The minimum Gasteiger partial charge on any atom is -0.324 e. The molecule has 2 heterocycles. The van der Waals surface area contributed by atoms with Crippen molar-refractivity contribution in [1.82, 2.24) is 9.78 Å². The predicted octanol–water partition coefficient (Wildman–Crippen LogP) is 2.83. The van der Waals surface area contributed by atoms with Crippen LogP contribution in [-0.2, 0) is 23.7 Å². The summed E-state index contributed by atoms with van der Waals surface area (Å²) in [6.45, 7) is 6.25. The number of anilines is 1. The zero-order valence-electron chi connectivity index (χ0n) is 12.6. The van der Waals surface area contributed by atoms with Gasteiger partial charge in [-0.1, -0.05) is 20.8 Å². The molecule has 21 heavy (non-hydrogen) atoms. The van der Waals surface area contributed by atoms with Crippen LogP contribution in [0.4, 0.5) is 5.69 Å². The maximum absolute atomic E-state index is 12.1. The lowest BCUT2D eigenvalue weighted by Crippen LogP contribution is -2.14. The Kier molecular flexibility index (Phi) is 4.14. The van der Waals surface area contributed by atoms with Crippen LogP contribution in [0.5, 0.6) is 0 Å². The smallest absolute Gasteiger partial charge is 0.228 e. The van der Waals surface area contributed by atoms with Crippen molar-refractivity contribution >= 4 is 22.9 Å². The normalized spacial score (nSPS) is 11.2. The van der Waals surface area contributed by atoms with Gasteiger partial charge in [0.2, 0.25) is 5.91 Å². The van der Waals surface area contributed by atoms with Crippen molar-refractivity contribution in [3.63, 3.8) is 0 Å². The highest BCUT2D eigenvalue weighted by molar-refractivity contribution is 7.13. The molecule has 0 aliphatic rings. The standard InChI is InChI=1S/C15H18N4OS/c1-15(2,3)13-6-11(12(7-16)21-13)18-14(20)5-10-8-17-19(4)9-10/h6,8-9H,5H2,1-4H3,(H,18,20). The van der Waals surface area contributed by atoms with Crippen LogP contribution >= 0.6 is 11.3 Å². The van der Waals surface area contributed by atoms with Gasteiger partial charge in [0.25, 0.3) is 0 Å². The summed E-state index contributed by atoms with van der Waals surface area (Å²) >= 11 is 1.43. The Labute approximate surface area is 128 Å². The van der Waals surface area contributed by atoms with E-state index in [0.717, 1.165) is 10.4 Å². The second-order valence-electron chi connectivity index (χ2n) is 5.96. The summed E-state index contributed by atoms with van der Waals surface area (Å²) in [6, 6.07) is 4.04. The molecule has 5 nitrogen and oxygen atoms in total. The van der Waals surface area contributed by atoms with E-state index < -0.39 is 0 Å². The molecule has 1 amide bonds. The third-order valence-corrected chi connectivity index (χ3v) is 4.44. The van der Waals surface area contributed by atoms with E-state index in [9.17, 15) is 10.1 Å². The summed E-state index contributed by atoms with van der Waals surface area (Å²) in [4.78, 5) is 13.7. The van der Waals surface area contributed by atoms with Crippen molar-refractivity contribution < 1.29 is 4.79 Å². The summed E-state index contributed by atoms with van der Waals surface area (Å²) in [7, 11) is 1.81. The number of amides is 1. The maximum atomic E-state index is 12.1. The minimum absolute atomic E-state index is 0.0391. The Balaban J connectivity index is 2.14. The molecule has 0 saturated heterocycles. The molecule has 2 aromatic rings. The van der Waals surface area contributed by atoms with Crippen molar-refractivity contribution in [3.05, 3.63) is 33.8 Å². The van der Waals surface area contributed by atoms with Crippen molar-refractivity contribution in [2.75, 3.05) is 5.32 Å². The Morgan fingerprint density at radius 1 is 1.52 bits per heavy atom. The monoisotopic (exact) mass is 302 g/mol. The van der Waals surface area contributed by atoms with Crippen LogP contribution < -0.4 is 5.32 Å². The number of nitriles is 1. The molecule has 0 aromatic carbocycles. The first kappa shape index (κ1) is 15.3. The van der Waals surface area contributed by atoms with Gasteiger partial charge in [-0.05, 0) is 17.0 Å². The van der Waals surface area contributed by atoms with E-state index >= 15 is 0 Å². The summed E-state index contributed by atoms with van der Waals surface area (Å²) in [5.41, 5.74) is 1.41. The topological polar surface area (TPSA) is 70.7 Å². The molecule has 0 bridgehead atoms. The van der Waals surface area contributed by atoms with Gasteiger partial charge in [-0.25, -0.2) is 0 Å². The van der Waals surface area contributed by atoms with E-state index in [4.69, 9.17) is 0 Å². The van der Waals surface area contributed by atoms with Crippen LogP contribution in [0.15, 0.2) is 18.5 Å². The molecule has 0 unspecified atom stereocenters. The van der Waals surface area contributed by atoms with E-state index in [2.05, 4.69) is 37.3 Å². The van der Waals surface area contributed by atoms with E-state index in [1.165, 1.54) is 11.3 Å². The largest absolute Gasteiger partial charge is 0.324 e. The Morgan fingerprint density at radius 2 is 2.24 bits per heavy atom. The second-order valence-corrected chi connectivity index (χ2v) is 7.01. The highest BCUT2D eigenvalue weighted by atomic mass is 32.1. The average molecular weight is 302 g/mol. The number of aryl methyl sites for hydroxylation is 1. The van der Waals surface area contributed by atoms with Crippen LogP contribution in [0.2, 0.25) is 0 Å². The molecular formula is C15H18N4OS. The lowest BCUT2D eigenvalue weighted by molar-refractivity contribution is -0.115. The van der Waals surface area contributed by atoms with Crippen LogP contribution in [-0.4, -0.2) is 15.7 Å². The summed E-state index contributed by atoms with van der Waals surface area (Å²) in [5, 5.41) is 16.1. The van der Waals surface area contributed by atoms with Gasteiger partial charge >= 0.3 is 0 Å². The summed E-state index contributed by atoms with van der Waals surface area (Å²) in [6.07, 6.45) is 3.72. The van der Waals surface area contributed by atoms with Crippen LogP contribution in [0.3, 0.4) is 0 Å². The summed E-state index contributed by atoms with van der Waals surface area (Å²) < 4.78 is 1.66. The van der Waals surface area contributed by atoms with Crippen LogP contribution in [0.25, 0.3) is 0 Å². The van der Waals surface area contributed by atoms with Gasteiger partial charge in [0.05, 0.1) is 18.3 Å². The molecule has 0 fully saturated rings. The fourth-order valence-electron chi connectivity index (χ4n) is 1.88. The van der Waals surface area contributed by atoms with Crippen molar-refractivity contribution in [2.24, 2.45) is 7.05 Å². The molecule has 2 aromatic heterocycles. The minimum atomic E-state index is -0.141. The molecule has 6 heteroatoms. The van der Waals surface area contributed by atoms with Gasteiger partial charge in [-0.3, -0.25) is 9.48 Å². The molecule has 0 atom stereocenters. The number of rotatable bonds is 3. The number of aromatic nitrogens is 2. The SMILES string of the molecule is Cn1cc(CC(=O)Nc2cc(C(C)(C)C)sc2C#N)cn1. The highest BCUT2D eigenvalue weighted by Crippen LogP contribution is 2.34. The molecule has 0 radical (unpaired) electrons. The van der Waals surface area contributed by atoms with Crippen LogP contribution in [0, 0.1) is 11.3 Å². The van der Waals surface area contributed by atoms with E-state index in [1.54, 1.807) is 17.1 Å². The van der Waals surface area contributed by atoms with Crippen molar-refractivity contribution in [2.45, 2.75) is 32.6 Å². The fourth-order valence-corrected chi connectivity index (χ4v) is 2.85. The van der Waals surface area contributed by atoms with Gasteiger partial charge < -0.3 is 5.32 Å². The first-order valence-corrected chi connectivity index (χ1v) is 7.43. The first-order valence-electron chi connectivity index (χ1n) is 6.61. The Bertz CT molecular complexity index is 700. The quantitative estimate of drug-likeness (QED) is 0.947. The zero-order valence-corrected chi connectivity index (χ0v) is 13.4. The molecule has 0 saturated carbocycles. The number of thiophene rings is 1. The van der Waals surface area contributed by atoms with Gasteiger partial charge in [0.1, 0.15) is 10.9 Å². The second kappa shape index (κ2) is 5.70. The third kappa shape index (κ3) is 3.70. The third-order valence-electron chi connectivity index (χ3n) is 2.97. The number of nitrogens with one attached hydrogen (secondary N) is 1. The Morgan fingerprint density at radius 3 is 2.76 bits per heavy atom. The van der Waals surface area contributed by atoms with E-state index in [1.807, 2.05) is 13.1 Å². The number of carbonyl (C=O) groups is 1. The van der Waals surface area contributed by atoms with Gasteiger partial charge in [-0.2, -0.15) is 10.4 Å². The highest BCUT2D eigenvalue weighted by Gasteiger charge is 2.20. The molecular weight excluding hydrogens is 284 g/mol. The molecule has 2 rings (SSSR count). The first-order chi connectivity index (χ1) is 9.79. The van der Waals surface area contributed by atoms with Gasteiger partial charge in [0, 0.05) is 18.1 Å². The van der Waals surface area contributed by atoms with Crippen LogP contribution in [0.1, 0.15) is 36.1 Å². The van der Waals surface area contributed by atoms with Gasteiger partial charge in [0.15, 0.2) is 0 Å². The Hall–Kier alpha value is -2.13. The zero-order chi connectivity index (χ0) is 15.6. The van der Waals surface area contributed by atoms with E-state index in [-0.39, 0.29) is 17.7 Å². The van der Waals surface area contributed by atoms with Gasteiger partial charge in [-0.15, -0.1) is 11.3 Å². The predicted molar refractivity (Wildman–Crippen MR) is 83.3 cm³/mol. The fraction of sp³-hybridized carbons (Fsp3) is 0.400. The average Bonchev–Trinajstić information content (AvgIpc) is 2.95. The lowest BCUT2D eigenvalue weighted by Gasteiger charge is -2.15. The molecule has 0 spiro atoms. The van der Waals surface area contributed by atoms with E-state index in [0.29, 0.717) is 10.6 Å². The lowest BCUT2D eigenvalue weighted by atomic mass is 9.94. The number of carbonyl (C=O) groups excluding carboxylic acids is 1. The number of hydrogen-bond donors (Lipinski definition) is 1. The summed E-state index contributed by atoms with van der Waals surface area (Å²) in [5.74, 6) is -0.141. The molecule has 1 N–H and O–H groups in total. The number of hydrogen-bond acceptors (Lipinski definition) is 4.